The molecule has 0 unspecified atom stereocenters. The monoisotopic (exact) mass is 528 g/mol. The van der Waals surface area contributed by atoms with Gasteiger partial charge in [-0.05, 0) is 93.3 Å². The number of benzene rings is 3. The number of halogens is 1. The van der Waals surface area contributed by atoms with Gasteiger partial charge in [-0.3, -0.25) is 9.10 Å². The molecule has 0 aliphatic heterocycles. The largest absolute Gasteiger partial charge is 0.348 e. The summed E-state index contributed by atoms with van der Waals surface area (Å²) < 4.78 is 29.0. The highest BCUT2D eigenvalue weighted by Gasteiger charge is 2.28. The van der Waals surface area contributed by atoms with Crippen LogP contribution >= 0.6 is 15.9 Å². The summed E-state index contributed by atoms with van der Waals surface area (Å²) in [5, 5.41) is 2.97. The minimum atomic E-state index is -3.94. The summed E-state index contributed by atoms with van der Waals surface area (Å²) in [6.07, 6.45) is 0. The molecule has 1 N–H and O–H groups in total. The number of rotatable bonds is 7. The fourth-order valence-corrected chi connectivity index (χ4v) is 5.39. The number of carbonyl (C=O) groups is 1. The summed E-state index contributed by atoms with van der Waals surface area (Å²) >= 11 is 3.38. The van der Waals surface area contributed by atoms with Crippen molar-refractivity contribution in [3.05, 3.63) is 93.0 Å². The fraction of sp³-hybridized carbons (Fsp3) is 0.269. The first-order valence-corrected chi connectivity index (χ1v) is 12.9. The topological polar surface area (TPSA) is 66.5 Å². The van der Waals surface area contributed by atoms with Crippen molar-refractivity contribution >= 4 is 37.5 Å². The summed E-state index contributed by atoms with van der Waals surface area (Å²) in [5.41, 5.74) is 5.82. The van der Waals surface area contributed by atoms with Gasteiger partial charge in [-0.25, -0.2) is 8.42 Å². The molecule has 0 radical (unpaired) electrons. The minimum absolute atomic E-state index is 0.141. The van der Waals surface area contributed by atoms with Gasteiger partial charge >= 0.3 is 0 Å². The maximum Gasteiger partial charge on any atom is 0.264 e. The number of carbonyl (C=O) groups excluding carboxylic acids is 1. The number of hydrogen-bond donors (Lipinski definition) is 1. The molecular formula is C26H29BrN2O3S. The lowest BCUT2D eigenvalue weighted by atomic mass is 9.96. The van der Waals surface area contributed by atoms with Gasteiger partial charge in [-0.2, -0.15) is 0 Å². The molecule has 0 saturated carbocycles. The van der Waals surface area contributed by atoms with Crippen LogP contribution in [0, 0.1) is 27.7 Å². The summed E-state index contributed by atoms with van der Waals surface area (Å²) in [6, 6.07) is 17.4. The van der Waals surface area contributed by atoms with Crippen LogP contribution in [0.15, 0.2) is 70.0 Å². The molecule has 1 atom stereocenters. The highest BCUT2D eigenvalue weighted by molar-refractivity contribution is 9.10. The second-order valence-corrected chi connectivity index (χ2v) is 11.2. The molecule has 3 aromatic rings. The van der Waals surface area contributed by atoms with Crippen molar-refractivity contribution in [3.8, 4) is 0 Å². The molecule has 0 spiro atoms. The van der Waals surface area contributed by atoms with Crippen molar-refractivity contribution in [1.29, 1.82) is 0 Å². The first-order valence-electron chi connectivity index (χ1n) is 10.7. The second-order valence-electron chi connectivity index (χ2n) is 8.38. The SMILES string of the molecule is Cc1ccc(S(=O)(=O)N(CC(=O)N[C@H](C)c2cc(C)c(C)cc2C)c2ccc(Br)cc2)cc1. The number of sulfonamides is 1. The zero-order valence-electron chi connectivity index (χ0n) is 19.5. The molecule has 174 valence electrons. The molecule has 3 rings (SSSR count). The van der Waals surface area contributed by atoms with Crippen molar-refractivity contribution in [3.63, 3.8) is 0 Å². The second kappa shape index (κ2) is 10.1. The number of aryl methyl sites for hydroxylation is 4. The van der Waals surface area contributed by atoms with E-state index in [0.29, 0.717) is 5.69 Å². The van der Waals surface area contributed by atoms with E-state index in [9.17, 15) is 13.2 Å². The molecule has 0 bridgehead atoms. The van der Waals surface area contributed by atoms with Gasteiger partial charge in [0.2, 0.25) is 5.91 Å². The van der Waals surface area contributed by atoms with E-state index in [1.807, 2.05) is 27.7 Å². The van der Waals surface area contributed by atoms with Crippen LogP contribution in [0.1, 0.15) is 40.8 Å². The van der Waals surface area contributed by atoms with E-state index in [2.05, 4.69) is 40.3 Å². The molecule has 3 aromatic carbocycles. The first kappa shape index (κ1) is 25.0. The third-order valence-electron chi connectivity index (χ3n) is 5.74. The standard InChI is InChI=1S/C26H29BrN2O3S/c1-17-6-12-24(13-7-17)33(31,32)29(23-10-8-22(27)9-11-23)16-26(30)28-21(5)25-15-19(3)18(2)14-20(25)4/h6-15,21H,16H2,1-5H3,(H,28,30)/t21-/m1/s1. The average Bonchev–Trinajstić information content (AvgIpc) is 2.75. The van der Waals surface area contributed by atoms with Crippen molar-refractivity contribution in [2.45, 2.75) is 45.6 Å². The summed E-state index contributed by atoms with van der Waals surface area (Å²) in [6.45, 7) is 9.59. The van der Waals surface area contributed by atoms with Crippen LogP contribution in [0.4, 0.5) is 5.69 Å². The molecular weight excluding hydrogens is 500 g/mol. The van der Waals surface area contributed by atoms with E-state index in [1.54, 1.807) is 48.5 Å². The van der Waals surface area contributed by atoms with Crippen molar-refractivity contribution in [1.82, 2.24) is 5.32 Å². The normalized spacial score (nSPS) is 12.3. The van der Waals surface area contributed by atoms with Crippen LogP contribution in [0.3, 0.4) is 0 Å². The van der Waals surface area contributed by atoms with Crippen LogP contribution in [0.2, 0.25) is 0 Å². The van der Waals surface area contributed by atoms with Crippen molar-refractivity contribution < 1.29 is 13.2 Å². The maximum absolute atomic E-state index is 13.5. The van der Waals surface area contributed by atoms with Crippen molar-refractivity contribution in [2.24, 2.45) is 0 Å². The van der Waals surface area contributed by atoms with Crippen LogP contribution < -0.4 is 9.62 Å². The molecule has 0 aromatic heterocycles. The zero-order chi connectivity index (χ0) is 24.3. The van der Waals surface area contributed by atoms with E-state index >= 15 is 0 Å². The molecule has 0 aliphatic rings. The Balaban J connectivity index is 1.90. The first-order chi connectivity index (χ1) is 15.5. The Kier molecular flexibility index (Phi) is 7.65. The van der Waals surface area contributed by atoms with E-state index < -0.39 is 10.0 Å². The van der Waals surface area contributed by atoms with Gasteiger partial charge in [-0.15, -0.1) is 0 Å². The third-order valence-corrected chi connectivity index (χ3v) is 8.05. The Hall–Kier alpha value is -2.64. The average molecular weight is 530 g/mol. The molecule has 1 amide bonds. The van der Waals surface area contributed by atoms with Gasteiger partial charge in [0.15, 0.2) is 0 Å². The maximum atomic E-state index is 13.5. The molecule has 0 saturated heterocycles. The number of nitrogens with one attached hydrogen (secondary N) is 1. The summed E-state index contributed by atoms with van der Waals surface area (Å²) in [4.78, 5) is 13.2. The van der Waals surface area contributed by atoms with E-state index in [-0.39, 0.29) is 23.4 Å². The van der Waals surface area contributed by atoms with Gasteiger partial charge in [0, 0.05) is 4.47 Å². The molecule has 5 nitrogen and oxygen atoms in total. The summed E-state index contributed by atoms with van der Waals surface area (Å²) in [5.74, 6) is -0.376. The van der Waals surface area contributed by atoms with Crippen molar-refractivity contribution in [2.75, 3.05) is 10.8 Å². The Labute approximate surface area is 205 Å². The van der Waals surface area contributed by atoms with Gasteiger partial charge in [0.05, 0.1) is 16.6 Å². The molecule has 0 fully saturated rings. The Morgan fingerprint density at radius 3 is 2.09 bits per heavy atom. The van der Waals surface area contributed by atoms with Crippen LogP contribution in [0.5, 0.6) is 0 Å². The van der Waals surface area contributed by atoms with Gasteiger partial charge in [0.1, 0.15) is 6.54 Å². The molecule has 0 aliphatic carbocycles. The van der Waals surface area contributed by atoms with Crippen LogP contribution in [-0.2, 0) is 14.8 Å². The lowest BCUT2D eigenvalue weighted by molar-refractivity contribution is -0.120. The molecule has 0 heterocycles. The zero-order valence-corrected chi connectivity index (χ0v) is 21.9. The lowest BCUT2D eigenvalue weighted by Crippen LogP contribution is -2.41. The smallest absolute Gasteiger partial charge is 0.264 e. The quantitative estimate of drug-likeness (QED) is 0.424. The number of nitrogens with zero attached hydrogens (tertiary/aromatic N) is 1. The van der Waals surface area contributed by atoms with Gasteiger partial charge in [-0.1, -0.05) is 45.8 Å². The Morgan fingerprint density at radius 2 is 1.48 bits per heavy atom. The number of hydrogen-bond acceptors (Lipinski definition) is 3. The van der Waals surface area contributed by atoms with Crippen LogP contribution in [-0.4, -0.2) is 20.9 Å². The number of anilines is 1. The van der Waals surface area contributed by atoms with E-state index in [0.717, 1.165) is 31.0 Å². The van der Waals surface area contributed by atoms with E-state index in [1.165, 1.54) is 5.56 Å². The van der Waals surface area contributed by atoms with E-state index in [4.69, 9.17) is 0 Å². The van der Waals surface area contributed by atoms with Gasteiger partial charge in [0.25, 0.3) is 10.0 Å². The summed E-state index contributed by atoms with van der Waals surface area (Å²) in [7, 11) is -3.94. The third kappa shape index (κ3) is 5.84. The predicted octanol–water partition coefficient (Wildman–Crippen LogP) is 5.76. The minimum Gasteiger partial charge on any atom is -0.348 e. The van der Waals surface area contributed by atoms with Crippen LogP contribution in [0.25, 0.3) is 0 Å². The highest BCUT2D eigenvalue weighted by atomic mass is 79.9. The highest BCUT2D eigenvalue weighted by Crippen LogP contribution is 2.26. The fourth-order valence-electron chi connectivity index (χ4n) is 3.70. The number of amides is 1. The molecule has 33 heavy (non-hydrogen) atoms. The van der Waals surface area contributed by atoms with Gasteiger partial charge < -0.3 is 5.32 Å². The molecule has 7 heteroatoms. The Bertz CT molecular complexity index is 1250. The lowest BCUT2D eigenvalue weighted by Gasteiger charge is -2.26. The predicted molar refractivity (Wildman–Crippen MR) is 137 cm³/mol. The Morgan fingerprint density at radius 1 is 0.909 bits per heavy atom.